The maximum atomic E-state index is 11.1. The third-order valence-electron chi connectivity index (χ3n) is 2.63. The van der Waals surface area contributed by atoms with E-state index in [-0.39, 0.29) is 0 Å². The van der Waals surface area contributed by atoms with Crippen LogP contribution in [-0.4, -0.2) is 26.9 Å². The number of hydrogen-bond donors (Lipinski definition) is 1. The molecule has 1 aliphatic rings. The van der Waals surface area contributed by atoms with Crippen molar-refractivity contribution in [2.24, 2.45) is 0 Å². The fourth-order valence-corrected chi connectivity index (χ4v) is 3.04. The van der Waals surface area contributed by atoms with Gasteiger partial charge in [0, 0.05) is 34.4 Å². The molecule has 0 spiro atoms. The van der Waals surface area contributed by atoms with Gasteiger partial charge in [0.25, 0.3) is 0 Å². The highest BCUT2D eigenvalue weighted by atomic mass is 32.2. The van der Waals surface area contributed by atoms with Crippen LogP contribution in [0.25, 0.3) is 0 Å². The predicted molar refractivity (Wildman–Crippen MR) is 59.0 cm³/mol. The number of aryl methyl sites for hydroxylation is 1. The van der Waals surface area contributed by atoms with Crippen molar-refractivity contribution >= 4 is 10.8 Å². The normalized spacial score (nSPS) is 26.7. The van der Waals surface area contributed by atoms with Crippen LogP contribution in [-0.2, 0) is 17.3 Å². The summed E-state index contributed by atoms with van der Waals surface area (Å²) in [5.41, 5.74) is 0.913. The van der Waals surface area contributed by atoms with Gasteiger partial charge >= 0.3 is 0 Å². The van der Waals surface area contributed by atoms with Gasteiger partial charge in [0.2, 0.25) is 0 Å². The SMILES string of the molecule is Cc1cc(CNC2CCS(=O)CC2)on1. The number of rotatable bonds is 3. The molecule has 1 aromatic heterocycles. The summed E-state index contributed by atoms with van der Waals surface area (Å²) in [6.07, 6.45) is 2.00. The maximum Gasteiger partial charge on any atom is 0.150 e. The Morgan fingerprint density at radius 3 is 2.93 bits per heavy atom. The lowest BCUT2D eigenvalue weighted by Gasteiger charge is -2.21. The molecule has 2 heterocycles. The van der Waals surface area contributed by atoms with Crippen molar-refractivity contribution in [3.05, 3.63) is 17.5 Å². The van der Waals surface area contributed by atoms with E-state index in [0.717, 1.165) is 42.3 Å². The molecule has 0 aromatic carbocycles. The molecule has 0 saturated carbocycles. The first-order valence-corrected chi connectivity index (χ1v) is 6.73. The van der Waals surface area contributed by atoms with Crippen LogP contribution in [0, 0.1) is 6.92 Å². The lowest BCUT2D eigenvalue weighted by Crippen LogP contribution is -2.35. The minimum absolute atomic E-state index is 0.480. The average molecular weight is 228 g/mol. The second-order valence-corrected chi connectivity index (χ2v) is 5.63. The molecule has 0 bridgehead atoms. The van der Waals surface area contributed by atoms with E-state index in [2.05, 4.69) is 10.5 Å². The van der Waals surface area contributed by atoms with E-state index in [9.17, 15) is 4.21 Å². The van der Waals surface area contributed by atoms with Crippen LogP contribution in [0.2, 0.25) is 0 Å². The number of nitrogens with one attached hydrogen (secondary N) is 1. The van der Waals surface area contributed by atoms with E-state index in [0.29, 0.717) is 6.04 Å². The summed E-state index contributed by atoms with van der Waals surface area (Å²) in [6.45, 7) is 2.63. The molecule has 4 nitrogen and oxygen atoms in total. The zero-order valence-electron chi connectivity index (χ0n) is 8.86. The summed E-state index contributed by atoms with van der Waals surface area (Å²) in [5.74, 6) is 2.53. The number of nitrogens with zero attached hydrogens (tertiary/aromatic N) is 1. The molecular formula is C10H16N2O2S. The minimum Gasteiger partial charge on any atom is -0.360 e. The fourth-order valence-electron chi connectivity index (χ4n) is 1.74. The lowest BCUT2D eigenvalue weighted by atomic mass is 10.1. The molecule has 1 saturated heterocycles. The van der Waals surface area contributed by atoms with E-state index in [1.807, 2.05) is 13.0 Å². The molecule has 0 radical (unpaired) electrons. The van der Waals surface area contributed by atoms with Crippen LogP contribution < -0.4 is 5.32 Å². The zero-order valence-corrected chi connectivity index (χ0v) is 9.68. The molecular weight excluding hydrogens is 212 g/mol. The highest BCUT2D eigenvalue weighted by Gasteiger charge is 2.17. The first kappa shape index (κ1) is 10.8. The van der Waals surface area contributed by atoms with Crippen LogP contribution in [0.1, 0.15) is 24.3 Å². The number of aromatic nitrogens is 1. The Morgan fingerprint density at radius 1 is 1.60 bits per heavy atom. The summed E-state index contributed by atoms with van der Waals surface area (Å²) >= 11 is 0. The van der Waals surface area contributed by atoms with Gasteiger partial charge in [-0.3, -0.25) is 4.21 Å². The average Bonchev–Trinajstić information content (AvgIpc) is 2.64. The Morgan fingerprint density at radius 2 is 2.33 bits per heavy atom. The zero-order chi connectivity index (χ0) is 10.7. The van der Waals surface area contributed by atoms with Crippen molar-refractivity contribution in [3.8, 4) is 0 Å². The summed E-state index contributed by atoms with van der Waals surface area (Å²) < 4.78 is 16.2. The summed E-state index contributed by atoms with van der Waals surface area (Å²) in [5, 5.41) is 7.23. The second-order valence-electron chi connectivity index (χ2n) is 3.94. The lowest BCUT2D eigenvalue weighted by molar-refractivity contribution is 0.355. The molecule has 0 aliphatic carbocycles. The van der Waals surface area contributed by atoms with Crippen LogP contribution in [0.15, 0.2) is 10.6 Å². The van der Waals surface area contributed by atoms with Crippen molar-refractivity contribution < 1.29 is 8.73 Å². The maximum absolute atomic E-state index is 11.1. The van der Waals surface area contributed by atoms with E-state index in [4.69, 9.17) is 4.52 Å². The van der Waals surface area contributed by atoms with Crippen molar-refractivity contribution in [2.75, 3.05) is 11.5 Å². The minimum atomic E-state index is -0.581. The van der Waals surface area contributed by atoms with Crippen molar-refractivity contribution in [1.82, 2.24) is 10.5 Å². The van der Waals surface area contributed by atoms with E-state index >= 15 is 0 Å². The highest BCUT2D eigenvalue weighted by Crippen LogP contribution is 2.10. The Hall–Kier alpha value is -0.680. The Kier molecular flexibility index (Phi) is 3.53. The molecule has 0 amide bonds. The quantitative estimate of drug-likeness (QED) is 0.838. The first-order valence-electron chi connectivity index (χ1n) is 5.24. The van der Waals surface area contributed by atoms with Crippen LogP contribution in [0.3, 0.4) is 0 Å². The van der Waals surface area contributed by atoms with Gasteiger partial charge in [-0.25, -0.2) is 0 Å². The van der Waals surface area contributed by atoms with Gasteiger partial charge in [-0.15, -0.1) is 0 Å². The largest absolute Gasteiger partial charge is 0.360 e. The van der Waals surface area contributed by atoms with Gasteiger partial charge in [-0.05, 0) is 19.8 Å². The van der Waals surface area contributed by atoms with Crippen molar-refractivity contribution in [2.45, 2.75) is 32.4 Å². The second kappa shape index (κ2) is 4.90. The van der Waals surface area contributed by atoms with Crippen LogP contribution >= 0.6 is 0 Å². The Bertz CT molecular complexity index is 341. The topological polar surface area (TPSA) is 55.1 Å². The third-order valence-corrected chi connectivity index (χ3v) is 4.01. The molecule has 0 unspecified atom stereocenters. The van der Waals surface area contributed by atoms with Crippen LogP contribution in [0.4, 0.5) is 0 Å². The third kappa shape index (κ3) is 3.14. The molecule has 2 rings (SSSR count). The molecule has 1 aromatic rings. The van der Waals surface area contributed by atoms with Crippen molar-refractivity contribution in [1.29, 1.82) is 0 Å². The Balaban J connectivity index is 1.76. The van der Waals surface area contributed by atoms with Crippen LogP contribution in [0.5, 0.6) is 0 Å². The van der Waals surface area contributed by atoms with Gasteiger partial charge in [-0.2, -0.15) is 0 Å². The summed E-state index contributed by atoms with van der Waals surface area (Å²) in [6, 6.07) is 2.42. The van der Waals surface area contributed by atoms with Gasteiger partial charge in [-0.1, -0.05) is 5.16 Å². The molecule has 5 heteroatoms. The molecule has 1 fully saturated rings. The smallest absolute Gasteiger partial charge is 0.150 e. The molecule has 84 valence electrons. The highest BCUT2D eigenvalue weighted by molar-refractivity contribution is 7.85. The van der Waals surface area contributed by atoms with Gasteiger partial charge in [0.1, 0.15) is 0 Å². The molecule has 1 aliphatic heterocycles. The molecule has 0 atom stereocenters. The van der Waals surface area contributed by atoms with Gasteiger partial charge in [0.05, 0.1) is 12.2 Å². The van der Waals surface area contributed by atoms with E-state index in [1.54, 1.807) is 0 Å². The monoisotopic (exact) mass is 228 g/mol. The van der Waals surface area contributed by atoms with Crippen molar-refractivity contribution in [3.63, 3.8) is 0 Å². The van der Waals surface area contributed by atoms with E-state index < -0.39 is 10.8 Å². The van der Waals surface area contributed by atoms with E-state index in [1.165, 1.54) is 0 Å². The predicted octanol–water partition coefficient (Wildman–Crippen LogP) is 0.984. The summed E-state index contributed by atoms with van der Waals surface area (Å²) in [7, 11) is -0.581. The standard InChI is InChI=1S/C10H16N2O2S/c1-8-6-10(14-12-8)7-11-9-2-4-15(13)5-3-9/h6,9,11H,2-5,7H2,1H3. The first-order chi connectivity index (χ1) is 7.24. The fraction of sp³-hybridized carbons (Fsp3) is 0.700. The Labute approximate surface area is 91.9 Å². The van der Waals surface area contributed by atoms with Gasteiger partial charge < -0.3 is 9.84 Å². The molecule has 15 heavy (non-hydrogen) atoms. The summed E-state index contributed by atoms with van der Waals surface area (Å²) in [4.78, 5) is 0. The van der Waals surface area contributed by atoms with Gasteiger partial charge in [0.15, 0.2) is 5.76 Å². The molecule has 1 N–H and O–H groups in total. The number of hydrogen-bond acceptors (Lipinski definition) is 4.